The minimum Gasteiger partial charge on any atom is -0.374 e. The van der Waals surface area contributed by atoms with E-state index in [0.717, 1.165) is 30.1 Å². The van der Waals surface area contributed by atoms with Gasteiger partial charge in [-0.3, -0.25) is 0 Å². The molecule has 7 heteroatoms. The number of nitrogens with zero attached hydrogens (tertiary/aromatic N) is 3. The van der Waals surface area contributed by atoms with Crippen molar-refractivity contribution in [1.82, 2.24) is 15.1 Å². The Bertz CT molecular complexity index is 596. The van der Waals surface area contributed by atoms with E-state index >= 15 is 0 Å². The topological polar surface area (TPSA) is 87.1 Å². The van der Waals surface area contributed by atoms with E-state index in [-0.39, 0.29) is 12.0 Å². The SMILES string of the molecule is NCc1nc(-c2nc(C3CC4CCC3O4)no2)cs1. The molecule has 2 bridgehead atoms. The molecular formula is C12H14N4O2S. The molecule has 3 atom stereocenters. The fourth-order valence-corrected chi connectivity index (χ4v) is 3.55. The highest BCUT2D eigenvalue weighted by Gasteiger charge is 2.43. The van der Waals surface area contributed by atoms with Crippen LogP contribution in [-0.2, 0) is 11.3 Å². The monoisotopic (exact) mass is 278 g/mol. The van der Waals surface area contributed by atoms with E-state index in [1.807, 2.05) is 5.38 Å². The third kappa shape index (κ3) is 1.89. The zero-order valence-electron chi connectivity index (χ0n) is 10.3. The number of hydrogen-bond acceptors (Lipinski definition) is 7. The summed E-state index contributed by atoms with van der Waals surface area (Å²) in [6, 6.07) is 0. The van der Waals surface area contributed by atoms with E-state index in [1.165, 1.54) is 11.3 Å². The number of fused-ring (bicyclic) bond motifs is 2. The standard InChI is InChI=1S/C12H14N4O2S/c13-4-10-14-8(5-19-10)12-15-11(16-18-12)7-3-6-1-2-9(7)17-6/h5-7,9H,1-4,13H2. The largest absolute Gasteiger partial charge is 0.374 e. The van der Waals surface area contributed by atoms with Gasteiger partial charge in [0.15, 0.2) is 5.82 Å². The molecule has 2 fully saturated rings. The first-order valence-electron chi connectivity index (χ1n) is 6.47. The van der Waals surface area contributed by atoms with Gasteiger partial charge in [-0.25, -0.2) is 4.98 Å². The molecule has 6 nitrogen and oxygen atoms in total. The van der Waals surface area contributed by atoms with Crippen molar-refractivity contribution in [2.45, 2.75) is 43.9 Å². The van der Waals surface area contributed by atoms with Gasteiger partial charge in [0, 0.05) is 11.9 Å². The first kappa shape index (κ1) is 11.5. The molecule has 0 spiro atoms. The highest BCUT2D eigenvalue weighted by atomic mass is 32.1. The summed E-state index contributed by atoms with van der Waals surface area (Å²) in [6.07, 6.45) is 3.94. The molecule has 4 heterocycles. The van der Waals surface area contributed by atoms with Crippen molar-refractivity contribution in [2.75, 3.05) is 0 Å². The predicted octanol–water partition coefficient (Wildman–Crippen LogP) is 1.69. The summed E-state index contributed by atoms with van der Waals surface area (Å²) in [4.78, 5) is 8.83. The second-order valence-electron chi connectivity index (χ2n) is 5.00. The summed E-state index contributed by atoms with van der Waals surface area (Å²) >= 11 is 1.51. The van der Waals surface area contributed by atoms with E-state index in [1.54, 1.807) is 0 Å². The average Bonchev–Trinajstić information content (AvgIpc) is 3.19. The molecule has 19 heavy (non-hydrogen) atoms. The summed E-state index contributed by atoms with van der Waals surface area (Å²) < 4.78 is 11.1. The van der Waals surface area contributed by atoms with Crippen LogP contribution in [-0.4, -0.2) is 27.3 Å². The molecule has 0 aromatic carbocycles. The van der Waals surface area contributed by atoms with Crippen LogP contribution in [0.5, 0.6) is 0 Å². The summed E-state index contributed by atoms with van der Waals surface area (Å²) in [5.41, 5.74) is 6.27. The second kappa shape index (κ2) is 4.36. The van der Waals surface area contributed by atoms with Gasteiger partial charge in [0.05, 0.1) is 18.1 Å². The number of aromatic nitrogens is 3. The van der Waals surface area contributed by atoms with Gasteiger partial charge in [0.1, 0.15) is 10.7 Å². The Hall–Kier alpha value is -1.31. The average molecular weight is 278 g/mol. The number of ether oxygens (including phenoxy) is 1. The molecule has 2 saturated heterocycles. The number of hydrogen-bond donors (Lipinski definition) is 1. The van der Waals surface area contributed by atoms with Gasteiger partial charge in [-0.1, -0.05) is 5.16 Å². The van der Waals surface area contributed by atoms with E-state index in [4.69, 9.17) is 15.0 Å². The van der Waals surface area contributed by atoms with Gasteiger partial charge in [-0.05, 0) is 19.3 Å². The lowest BCUT2D eigenvalue weighted by molar-refractivity contribution is 0.0996. The van der Waals surface area contributed by atoms with Gasteiger partial charge < -0.3 is 15.0 Å². The van der Waals surface area contributed by atoms with Crippen molar-refractivity contribution in [3.8, 4) is 11.6 Å². The lowest BCUT2D eigenvalue weighted by atomic mass is 9.89. The number of thiazole rings is 1. The van der Waals surface area contributed by atoms with Gasteiger partial charge in [0.2, 0.25) is 0 Å². The fourth-order valence-electron chi connectivity index (χ4n) is 2.90. The van der Waals surface area contributed by atoms with E-state index in [2.05, 4.69) is 15.1 Å². The van der Waals surface area contributed by atoms with E-state index in [9.17, 15) is 0 Å². The third-order valence-corrected chi connectivity index (χ3v) is 4.70. The predicted molar refractivity (Wildman–Crippen MR) is 68.6 cm³/mol. The molecule has 100 valence electrons. The lowest BCUT2D eigenvalue weighted by Crippen LogP contribution is -2.15. The lowest BCUT2D eigenvalue weighted by Gasteiger charge is -2.13. The third-order valence-electron chi connectivity index (χ3n) is 3.82. The van der Waals surface area contributed by atoms with E-state index in [0.29, 0.717) is 24.2 Å². The van der Waals surface area contributed by atoms with Gasteiger partial charge in [0.25, 0.3) is 5.89 Å². The molecule has 0 aliphatic carbocycles. The molecule has 2 aromatic rings. The summed E-state index contributed by atoms with van der Waals surface area (Å²) in [5, 5.41) is 6.87. The van der Waals surface area contributed by atoms with Gasteiger partial charge in [-0.2, -0.15) is 4.98 Å². The maximum absolute atomic E-state index is 5.82. The quantitative estimate of drug-likeness (QED) is 0.919. The van der Waals surface area contributed by atoms with Crippen molar-refractivity contribution >= 4 is 11.3 Å². The van der Waals surface area contributed by atoms with Crippen LogP contribution in [0.25, 0.3) is 11.6 Å². The van der Waals surface area contributed by atoms with Crippen LogP contribution in [0.2, 0.25) is 0 Å². The van der Waals surface area contributed by atoms with Crippen LogP contribution < -0.4 is 5.73 Å². The number of nitrogens with two attached hydrogens (primary N) is 1. The van der Waals surface area contributed by atoms with Gasteiger partial charge in [-0.15, -0.1) is 11.3 Å². The summed E-state index contributed by atoms with van der Waals surface area (Å²) in [5.74, 6) is 1.52. The minimum atomic E-state index is 0.269. The molecule has 3 unspecified atom stereocenters. The van der Waals surface area contributed by atoms with Crippen LogP contribution >= 0.6 is 11.3 Å². The van der Waals surface area contributed by atoms with Crippen molar-refractivity contribution in [3.05, 3.63) is 16.2 Å². The van der Waals surface area contributed by atoms with Crippen molar-refractivity contribution in [3.63, 3.8) is 0 Å². The molecule has 4 rings (SSSR count). The molecule has 0 amide bonds. The van der Waals surface area contributed by atoms with Gasteiger partial charge >= 0.3 is 0 Å². The molecule has 2 aromatic heterocycles. The second-order valence-corrected chi connectivity index (χ2v) is 5.95. The van der Waals surface area contributed by atoms with Crippen molar-refractivity contribution in [1.29, 1.82) is 0 Å². The van der Waals surface area contributed by atoms with Crippen LogP contribution in [0, 0.1) is 0 Å². The zero-order valence-corrected chi connectivity index (χ0v) is 11.1. The van der Waals surface area contributed by atoms with Crippen LogP contribution in [0.15, 0.2) is 9.90 Å². The molecule has 0 saturated carbocycles. The highest BCUT2D eigenvalue weighted by molar-refractivity contribution is 7.09. The first-order valence-corrected chi connectivity index (χ1v) is 7.35. The Morgan fingerprint density at radius 1 is 1.37 bits per heavy atom. The fraction of sp³-hybridized carbons (Fsp3) is 0.583. The van der Waals surface area contributed by atoms with Crippen molar-refractivity contribution < 1.29 is 9.26 Å². The molecule has 2 aliphatic heterocycles. The van der Waals surface area contributed by atoms with Crippen LogP contribution in [0.4, 0.5) is 0 Å². The molecule has 0 radical (unpaired) electrons. The van der Waals surface area contributed by atoms with Crippen molar-refractivity contribution in [2.24, 2.45) is 5.73 Å². The molecule has 2 N–H and O–H groups in total. The minimum absolute atomic E-state index is 0.269. The maximum Gasteiger partial charge on any atom is 0.277 e. The number of rotatable bonds is 3. The summed E-state index contributed by atoms with van der Waals surface area (Å²) in [6.45, 7) is 0.436. The Kier molecular flexibility index (Phi) is 2.64. The van der Waals surface area contributed by atoms with Crippen LogP contribution in [0.1, 0.15) is 36.0 Å². The van der Waals surface area contributed by atoms with E-state index < -0.39 is 0 Å². The maximum atomic E-state index is 5.82. The molecular weight excluding hydrogens is 264 g/mol. The summed E-state index contributed by atoms with van der Waals surface area (Å²) in [7, 11) is 0. The first-order chi connectivity index (χ1) is 9.33. The Labute approximate surface area is 114 Å². The highest BCUT2D eigenvalue weighted by Crippen LogP contribution is 2.43. The normalized spacial score (nSPS) is 29.2. The molecule has 2 aliphatic rings. The smallest absolute Gasteiger partial charge is 0.277 e. The van der Waals surface area contributed by atoms with Crippen LogP contribution in [0.3, 0.4) is 0 Å². The Morgan fingerprint density at radius 2 is 2.32 bits per heavy atom. The Morgan fingerprint density at radius 3 is 3.00 bits per heavy atom. The zero-order chi connectivity index (χ0) is 12.8. The Balaban J connectivity index is 1.59.